The van der Waals surface area contributed by atoms with Crippen LogP contribution in [-0.2, 0) is 15.6 Å². The molecule has 2 rings (SSSR count). The Labute approximate surface area is 124 Å². The Bertz CT molecular complexity index is 752. The number of phosphoric ester groups is 1. The van der Waals surface area contributed by atoms with Gasteiger partial charge in [-0.15, -0.1) is 0 Å². The third kappa shape index (κ3) is 4.12. The summed E-state index contributed by atoms with van der Waals surface area (Å²) in [6, 6.07) is 0. The maximum atomic E-state index is 11.7. The summed E-state index contributed by atoms with van der Waals surface area (Å²) in [5, 5.41) is 9.03. The molecule has 2 aromatic rings. The van der Waals surface area contributed by atoms with Gasteiger partial charge in [-0.1, -0.05) is 0 Å². The molecule has 6 N–H and O–H groups in total. The zero-order chi connectivity index (χ0) is 16.3. The van der Waals surface area contributed by atoms with Crippen molar-refractivity contribution in [3.8, 4) is 0 Å². The smallest absolute Gasteiger partial charge is 0.396 e. The SMILES string of the molecule is Nc1nc2c(ncn2CC(CCO)COP(=O)(O)O)c(=O)[nH]1. The van der Waals surface area contributed by atoms with Crippen molar-refractivity contribution in [2.24, 2.45) is 5.92 Å². The monoisotopic (exact) mass is 333 g/mol. The average Bonchev–Trinajstić information content (AvgIpc) is 2.79. The standard InChI is InChI=1S/C10H16N5O6P/c11-10-13-8-7(9(17)14-10)12-5-15(8)3-6(1-2-16)4-21-22(18,19)20/h5-6,16H,1-4H2,(H2,18,19,20)(H3,11,13,14,17). The Morgan fingerprint density at radius 2 is 2.23 bits per heavy atom. The Kier molecular flexibility index (Phi) is 4.94. The number of imidazole rings is 1. The number of fused-ring (bicyclic) bond motifs is 1. The molecule has 0 aromatic carbocycles. The second kappa shape index (κ2) is 6.55. The zero-order valence-corrected chi connectivity index (χ0v) is 12.3. The van der Waals surface area contributed by atoms with Gasteiger partial charge in [0.05, 0.1) is 12.9 Å². The van der Waals surface area contributed by atoms with Crippen molar-refractivity contribution < 1.29 is 24.0 Å². The van der Waals surface area contributed by atoms with Gasteiger partial charge in [0.2, 0.25) is 5.95 Å². The van der Waals surface area contributed by atoms with Crippen LogP contribution >= 0.6 is 7.82 Å². The van der Waals surface area contributed by atoms with E-state index in [0.717, 1.165) is 0 Å². The number of H-pyrrole nitrogens is 1. The van der Waals surface area contributed by atoms with Gasteiger partial charge in [-0.05, 0) is 6.42 Å². The summed E-state index contributed by atoms with van der Waals surface area (Å²) >= 11 is 0. The minimum atomic E-state index is -4.59. The summed E-state index contributed by atoms with van der Waals surface area (Å²) < 4.78 is 16.7. The number of rotatable bonds is 7. The van der Waals surface area contributed by atoms with E-state index in [9.17, 15) is 9.36 Å². The van der Waals surface area contributed by atoms with Crippen molar-refractivity contribution in [2.45, 2.75) is 13.0 Å². The Hall–Kier alpha value is -1.78. The Balaban J connectivity index is 2.23. The first-order valence-electron chi connectivity index (χ1n) is 6.31. The molecular formula is C10H16N5O6P. The van der Waals surface area contributed by atoms with Crippen LogP contribution in [0.25, 0.3) is 11.2 Å². The molecule has 1 atom stereocenters. The van der Waals surface area contributed by atoms with E-state index in [1.807, 2.05) is 0 Å². The molecule has 0 amide bonds. The number of hydrogen-bond acceptors (Lipinski definition) is 7. The van der Waals surface area contributed by atoms with Crippen molar-refractivity contribution in [1.82, 2.24) is 19.5 Å². The fourth-order valence-corrected chi connectivity index (χ4v) is 2.40. The van der Waals surface area contributed by atoms with E-state index in [0.29, 0.717) is 0 Å². The average molecular weight is 333 g/mol. The number of nitrogen functional groups attached to an aromatic ring is 1. The van der Waals surface area contributed by atoms with E-state index in [1.165, 1.54) is 10.9 Å². The Morgan fingerprint density at radius 1 is 1.50 bits per heavy atom. The largest absolute Gasteiger partial charge is 0.469 e. The van der Waals surface area contributed by atoms with Crippen LogP contribution in [0.2, 0.25) is 0 Å². The molecule has 0 fully saturated rings. The molecule has 0 radical (unpaired) electrons. The van der Waals surface area contributed by atoms with Crippen LogP contribution < -0.4 is 11.3 Å². The van der Waals surface area contributed by atoms with Crippen LogP contribution in [-0.4, -0.2) is 47.6 Å². The van der Waals surface area contributed by atoms with Crippen LogP contribution in [0.5, 0.6) is 0 Å². The summed E-state index contributed by atoms with van der Waals surface area (Å²) in [5.41, 5.74) is 5.36. The third-order valence-corrected chi connectivity index (χ3v) is 3.45. The summed E-state index contributed by atoms with van der Waals surface area (Å²) in [5.74, 6) is -0.471. The van der Waals surface area contributed by atoms with E-state index in [1.54, 1.807) is 0 Å². The van der Waals surface area contributed by atoms with Gasteiger partial charge >= 0.3 is 7.82 Å². The van der Waals surface area contributed by atoms with Gasteiger partial charge in [-0.3, -0.25) is 14.3 Å². The maximum Gasteiger partial charge on any atom is 0.469 e. The topological polar surface area (TPSA) is 177 Å². The summed E-state index contributed by atoms with van der Waals surface area (Å²) in [6.07, 6.45) is 1.62. The zero-order valence-electron chi connectivity index (χ0n) is 11.4. The molecule has 122 valence electrons. The molecule has 2 aromatic heterocycles. The van der Waals surface area contributed by atoms with Crippen LogP contribution in [0, 0.1) is 5.92 Å². The van der Waals surface area contributed by atoms with Gasteiger partial charge in [0.25, 0.3) is 5.56 Å². The van der Waals surface area contributed by atoms with E-state index < -0.39 is 19.3 Å². The number of nitrogens with one attached hydrogen (secondary N) is 1. The molecule has 0 aliphatic heterocycles. The van der Waals surface area contributed by atoms with Gasteiger partial charge in [-0.2, -0.15) is 4.98 Å². The number of aliphatic hydroxyl groups excluding tert-OH is 1. The van der Waals surface area contributed by atoms with E-state index in [2.05, 4.69) is 19.5 Å². The van der Waals surface area contributed by atoms with E-state index in [-0.39, 0.29) is 43.3 Å². The maximum absolute atomic E-state index is 11.7. The quantitative estimate of drug-likeness (QED) is 0.390. The second-order valence-electron chi connectivity index (χ2n) is 4.68. The molecule has 0 aliphatic carbocycles. The minimum absolute atomic E-state index is 0.0653. The molecule has 12 heteroatoms. The first kappa shape index (κ1) is 16.6. The van der Waals surface area contributed by atoms with Gasteiger partial charge in [-0.25, -0.2) is 9.55 Å². The minimum Gasteiger partial charge on any atom is -0.396 e. The summed E-state index contributed by atoms with van der Waals surface area (Å²) in [6.45, 7) is -0.242. The normalized spacial score (nSPS) is 13.6. The van der Waals surface area contributed by atoms with Crippen molar-refractivity contribution in [2.75, 3.05) is 18.9 Å². The fraction of sp³-hybridized carbons (Fsp3) is 0.500. The van der Waals surface area contributed by atoms with Gasteiger partial charge < -0.3 is 25.2 Å². The first-order chi connectivity index (χ1) is 10.3. The molecular weight excluding hydrogens is 317 g/mol. The number of nitrogens with two attached hydrogens (primary N) is 1. The lowest BCUT2D eigenvalue weighted by Gasteiger charge is -2.17. The lowest BCUT2D eigenvalue weighted by atomic mass is 10.1. The molecule has 11 nitrogen and oxygen atoms in total. The number of anilines is 1. The predicted molar refractivity (Wildman–Crippen MR) is 75.8 cm³/mol. The molecule has 0 bridgehead atoms. The van der Waals surface area contributed by atoms with Gasteiger partial charge in [0, 0.05) is 19.1 Å². The van der Waals surface area contributed by atoms with Gasteiger partial charge in [0.15, 0.2) is 11.2 Å². The van der Waals surface area contributed by atoms with Crippen molar-refractivity contribution in [1.29, 1.82) is 0 Å². The van der Waals surface area contributed by atoms with Crippen molar-refractivity contribution >= 4 is 24.9 Å². The lowest BCUT2D eigenvalue weighted by Crippen LogP contribution is -2.18. The number of aromatic amines is 1. The second-order valence-corrected chi connectivity index (χ2v) is 5.92. The lowest BCUT2D eigenvalue weighted by molar-refractivity contribution is 0.142. The van der Waals surface area contributed by atoms with Crippen LogP contribution in [0.3, 0.4) is 0 Å². The number of aliphatic hydroxyl groups is 1. The number of nitrogens with zero attached hydrogens (tertiary/aromatic N) is 3. The van der Waals surface area contributed by atoms with E-state index in [4.69, 9.17) is 20.6 Å². The number of phosphoric acid groups is 1. The van der Waals surface area contributed by atoms with Gasteiger partial charge in [0.1, 0.15) is 0 Å². The van der Waals surface area contributed by atoms with Crippen LogP contribution in [0.1, 0.15) is 6.42 Å². The molecule has 22 heavy (non-hydrogen) atoms. The third-order valence-electron chi connectivity index (χ3n) is 2.96. The molecule has 2 heterocycles. The highest BCUT2D eigenvalue weighted by molar-refractivity contribution is 7.46. The number of aromatic nitrogens is 4. The summed E-state index contributed by atoms with van der Waals surface area (Å²) in [4.78, 5) is 39.4. The first-order valence-corrected chi connectivity index (χ1v) is 7.84. The predicted octanol–water partition coefficient (Wildman–Crippen LogP) is -1.19. The van der Waals surface area contributed by atoms with E-state index >= 15 is 0 Å². The van der Waals surface area contributed by atoms with Crippen molar-refractivity contribution in [3.63, 3.8) is 0 Å². The highest BCUT2D eigenvalue weighted by atomic mass is 31.2. The van der Waals surface area contributed by atoms with Crippen LogP contribution in [0.15, 0.2) is 11.1 Å². The molecule has 1 unspecified atom stereocenters. The van der Waals surface area contributed by atoms with Crippen molar-refractivity contribution in [3.05, 3.63) is 16.7 Å². The van der Waals surface area contributed by atoms with Crippen LogP contribution in [0.4, 0.5) is 5.95 Å². The summed E-state index contributed by atoms with van der Waals surface area (Å²) in [7, 11) is -4.59. The molecule has 0 spiro atoms. The molecule has 0 saturated carbocycles. The molecule has 0 aliphatic rings. The number of hydrogen-bond donors (Lipinski definition) is 5. The highest BCUT2D eigenvalue weighted by Crippen LogP contribution is 2.36. The Morgan fingerprint density at radius 3 is 2.86 bits per heavy atom. The molecule has 0 saturated heterocycles. The highest BCUT2D eigenvalue weighted by Gasteiger charge is 2.20. The fourth-order valence-electron chi connectivity index (χ4n) is 1.99.